The number of Topliss-reactive ketones (excluding diaryl/α,β-unsaturated/α-hetero) is 1. The Bertz CT molecular complexity index is 1550. The highest BCUT2D eigenvalue weighted by Crippen LogP contribution is 2.23. The molecule has 3 N–H and O–H groups in total. The van der Waals surface area contributed by atoms with Gasteiger partial charge in [-0.05, 0) is 66.8 Å². The van der Waals surface area contributed by atoms with Crippen LogP contribution in [0.1, 0.15) is 62.8 Å². The number of halogens is 2. The molecule has 0 fully saturated rings. The van der Waals surface area contributed by atoms with Crippen molar-refractivity contribution in [3.63, 3.8) is 0 Å². The summed E-state index contributed by atoms with van der Waals surface area (Å²) in [4.78, 5) is 42.3. The largest absolute Gasteiger partial charge is 0.462 e. The van der Waals surface area contributed by atoms with Gasteiger partial charge in [0, 0.05) is 6.42 Å². The van der Waals surface area contributed by atoms with Crippen molar-refractivity contribution >= 4 is 41.0 Å². The Hall–Kier alpha value is -4.25. The van der Waals surface area contributed by atoms with Gasteiger partial charge in [0.05, 0.1) is 34.7 Å². The summed E-state index contributed by atoms with van der Waals surface area (Å²) in [5.41, 5.74) is 8.49. The number of aromatic nitrogens is 2. The summed E-state index contributed by atoms with van der Waals surface area (Å²) in [5, 5.41) is 7.37. The van der Waals surface area contributed by atoms with Crippen LogP contribution in [0.15, 0.2) is 77.3 Å². The summed E-state index contributed by atoms with van der Waals surface area (Å²) in [6, 6.07) is 20.3. The average molecular weight is 640 g/mol. The first-order valence-electron chi connectivity index (χ1n) is 14.1. The molecular formula is C32H32Cl2N4O6. The quantitative estimate of drug-likeness (QED) is 0.0912. The van der Waals surface area contributed by atoms with E-state index in [2.05, 4.69) is 15.5 Å². The summed E-state index contributed by atoms with van der Waals surface area (Å²) < 4.78 is 16.0. The van der Waals surface area contributed by atoms with Crippen LogP contribution in [0.2, 0.25) is 10.0 Å². The van der Waals surface area contributed by atoms with Crippen LogP contribution in [0.3, 0.4) is 0 Å². The first kappa shape index (κ1) is 32.7. The number of hydrogen-bond donors (Lipinski definition) is 2. The van der Waals surface area contributed by atoms with Gasteiger partial charge in [0.1, 0.15) is 6.61 Å². The van der Waals surface area contributed by atoms with E-state index >= 15 is 0 Å². The topological polar surface area (TPSA) is 147 Å². The molecule has 3 aromatic carbocycles. The van der Waals surface area contributed by atoms with E-state index in [0.717, 1.165) is 16.7 Å². The van der Waals surface area contributed by atoms with Crippen LogP contribution >= 0.6 is 23.2 Å². The molecule has 0 aliphatic carbocycles. The zero-order chi connectivity index (χ0) is 31.3. The Labute approximate surface area is 264 Å². The number of unbranched alkanes of at least 4 members (excludes halogenated alkanes) is 1. The third-order valence-electron chi connectivity index (χ3n) is 6.61. The van der Waals surface area contributed by atoms with Gasteiger partial charge in [-0.25, -0.2) is 9.59 Å². The fourth-order valence-electron chi connectivity index (χ4n) is 4.22. The second-order valence-corrected chi connectivity index (χ2v) is 10.7. The number of nitrogens with zero attached hydrogens (tertiary/aromatic N) is 2. The van der Waals surface area contributed by atoms with Gasteiger partial charge >= 0.3 is 12.1 Å². The molecule has 230 valence electrons. The lowest BCUT2D eigenvalue weighted by molar-refractivity contribution is 0.0509. The van der Waals surface area contributed by atoms with Crippen molar-refractivity contribution in [3.05, 3.63) is 117 Å². The van der Waals surface area contributed by atoms with Crippen molar-refractivity contribution < 1.29 is 28.4 Å². The van der Waals surface area contributed by atoms with Crippen LogP contribution in [-0.2, 0) is 28.9 Å². The minimum Gasteiger partial charge on any atom is -0.462 e. The highest BCUT2D eigenvalue weighted by molar-refractivity contribution is 6.42. The van der Waals surface area contributed by atoms with Gasteiger partial charge in [-0.15, -0.1) is 0 Å². The molecule has 0 aliphatic heterocycles. The number of hydrogen-bond acceptors (Lipinski definition) is 9. The third kappa shape index (κ3) is 9.90. The lowest BCUT2D eigenvalue weighted by Gasteiger charge is -2.16. The summed E-state index contributed by atoms with van der Waals surface area (Å²) >= 11 is 12.0. The standard InChI is InChI=1S/C32H32Cl2N4O6/c33-25-14-11-22(18-26(25)34)15-17-42-31(40)24-12-9-21(10-13-24)19-28-37-30(38-44-28)29(39)27(8-4-5-16-35)36-32(41)43-20-23-6-2-1-3-7-23/h1-3,6-7,9-14,18,27H,4-5,8,15-17,19-20,35H2,(H,36,41). The summed E-state index contributed by atoms with van der Waals surface area (Å²) in [6.45, 7) is 0.711. The molecule has 1 aromatic heterocycles. The van der Waals surface area contributed by atoms with Crippen molar-refractivity contribution in [2.75, 3.05) is 13.2 Å². The number of carbonyl (C=O) groups excluding carboxylic acids is 3. The van der Waals surface area contributed by atoms with E-state index in [1.165, 1.54) is 0 Å². The van der Waals surface area contributed by atoms with E-state index in [4.69, 9.17) is 42.9 Å². The van der Waals surface area contributed by atoms with E-state index in [1.807, 2.05) is 36.4 Å². The van der Waals surface area contributed by atoms with E-state index in [0.29, 0.717) is 47.8 Å². The molecule has 44 heavy (non-hydrogen) atoms. The Balaban J connectivity index is 1.29. The van der Waals surface area contributed by atoms with Crippen LogP contribution in [0.5, 0.6) is 0 Å². The Morgan fingerprint density at radius 1 is 0.886 bits per heavy atom. The average Bonchev–Trinajstić information content (AvgIpc) is 3.50. The molecule has 0 bridgehead atoms. The molecular weight excluding hydrogens is 607 g/mol. The lowest BCUT2D eigenvalue weighted by Crippen LogP contribution is -2.41. The van der Waals surface area contributed by atoms with Gasteiger partial charge < -0.3 is 25.0 Å². The van der Waals surface area contributed by atoms with Crippen LogP contribution in [0, 0.1) is 0 Å². The van der Waals surface area contributed by atoms with Gasteiger partial charge in [0.2, 0.25) is 17.5 Å². The normalized spacial score (nSPS) is 11.5. The van der Waals surface area contributed by atoms with E-state index in [-0.39, 0.29) is 31.3 Å². The van der Waals surface area contributed by atoms with E-state index in [1.54, 1.807) is 36.4 Å². The van der Waals surface area contributed by atoms with Crippen LogP contribution in [0.4, 0.5) is 4.79 Å². The number of alkyl carbamates (subject to hydrolysis) is 1. The first-order valence-corrected chi connectivity index (χ1v) is 14.8. The smallest absolute Gasteiger partial charge is 0.408 e. The Morgan fingerprint density at radius 3 is 2.36 bits per heavy atom. The number of nitrogens with two attached hydrogens (primary N) is 1. The molecule has 0 radical (unpaired) electrons. The van der Waals surface area contributed by atoms with Gasteiger partial charge in [-0.1, -0.05) is 76.9 Å². The Kier molecular flexibility index (Phi) is 12.3. The van der Waals surface area contributed by atoms with Gasteiger partial charge in [-0.2, -0.15) is 4.98 Å². The fourth-order valence-corrected chi connectivity index (χ4v) is 4.55. The second kappa shape index (κ2) is 16.6. The molecule has 0 saturated heterocycles. The number of carbonyl (C=O) groups is 3. The van der Waals surface area contributed by atoms with Gasteiger partial charge in [0.25, 0.3) is 0 Å². The maximum absolute atomic E-state index is 13.2. The van der Waals surface area contributed by atoms with Crippen molar-refractivity contribution in [1.29, 1.82) is 0 Å². The maximum atomic E-state index is 13.2. The first-order chi connectivity index (χ1) is 21.3. The maximum Gasteiger partial charge on any atom is 0.408 e. The number of ether oxygens (including phenoxy) is 2. The molecule has 0 aliphatic rings. The summed E-state index contributed by atoms with van der Waals surface area (Å²) in [7, 11) is 0. The molecule has 1 atom stereocenters. The Morgan fingerprint density at radius 2 is 1.64 bits per heavy atom. The molecule has 4 rings (SSSR count). The summed E-state index contributed by atoms with van der Waals surface area (Å²) in [5.74, 6) is -0.897. The molecule has 1 unspecified atom stereocenters. The lowest BCUT2D eigenvalue weighted by atomic mass is 10.0. The second-order valence-electron chi connectivity index (χ2n) is 9.93. The van der Waals surface area contributed by atoms with E-state index in [9.17, 15) is 14.4 Å². The third-order valence-corrected chi connectivity index (χ3v) is 7.35. The number of rotatable bonds is 15. The number of amides is 1. The van der Waals surface area contributed by atoms with Gasteiger partial charge in [-0.3, -0.25) is 4.79 Å². The zero-order valence-electron chi connectivity index (χ0n) is 23.8. The molecule has 4 aromatic rings. The van der Waals surface area contributed by atoms with Crippen LogP contribution < -0.4 is 11.1 Å². The predicted molar refractivity (Wildman–Crippen MR) is 165 cm³/mol. The number of esters is 1. The molecule has 10 nitrogen and oxygen atoms in total. The number of benzene rings is 3. The monoisotopic (exact) mass is 638 g/mol. The zero-order valence-corrected chi connectivity index (χ0v) is 25.4. The molecule has 1 heterocycles. The van der Waals surface area contributed by atoms with Crippen LogP contribution in [0.25, 0.3) is 0 Å². The molecule has 1 amide bonds. The van der Waals surface area contributed by atoms with Crippen molar-refractivity contribution in [2.24, 2.45) is 5.73 Å². The number of ketones is 1. The highest BCUT2D eigenvalue weighted by atomic mass is 35.5. The molecule has 12 heteroatoms. The molecule has 0 saturated carbocycles. The summed E-state index contributed by atoms with van der Waals surface area (Å²) in [6.07, 6.45) is 1.64. The van der Waals surface area contributed by atoms with Crippen molar-refractivity contribution in [3.8, 4) is 0 Å². The SMILES string of the molecule is NCCCCC(NC(=O)OCc1ccccc1)C(=O)c1noc(Cc2ccc(C(=O)OCCc3ccc(Cl)c(Cl)c3)cc2)n1. The van der Waals surface area contributed by atoms with E-state index < -0.39 is 23.9 Å². The minimum atomic E-state index is -0.905. The molecule has 0 spiro atoms. The van der Waals surface area contributed by atoms with Gasteiger partial charge in [0.15, 0.2) is 0 Å². The highest BCUT2D eigenvalue weighted by Gasteiger charge is 2.27. The minimum absolute atomic E-state index is 0.0674. The van der Waals surface area contributed by atoms with Crippen molar-refractivity contribution in [1.82, 2.24) is 15.5 Å². The number of nitrogens with one attached hydrogen (secondary N) is 1. The van der Waals surface area contributed by atoms with Crippen molar-refractivity contribution in [2.45, 2.75) is 44.8 Å². The predicted octanol–water partition coefficient (Wildman–Crippen LogP) is 5.97. The van der Waals surface area contributed by atoms with Crippen LogP contribution in [-0.4, -0.2) is 47.2 Å². The fraction of sp³-hybridized carbons (Fsp3) is 0.281.